The van der Waals surface area contributed by atoms with E-state index in [1.807, 2.05) is 42.5 Å². The van der Waals surface area contributed by atoms with Gasteiger partial charge in [0.25, 0.3) is 0 Å². The summed E-state index contributed by atoms with van der Waals surface area (Å²) in [5.74, 6) is 0.451. The van der Waals surface area contributed by atoms with Crippen molar-refractivity contribution in [1.29, 1.82) is 0 Å². The largest absolute Gasteiger partial charge is 0.493 e. The van der Waals surface area contributed by atoms with E-state index in [1.54, 1.807) is 4.57 Å². The Labute approximate surface area is 193 Å². The monoisotopic (exact) mass is 468 g/mol. The number of aromatic nitrogens is 3. The molecule has 2 aromatic heterocycles. The highest BCUT2D eigenvalue weighted by Gasteiger charge is 2.25. The summed E-state index contributed by atoms with van der Waals surface area (Å²) in [5.41, 5.74) is 3.55. The lowest BCUT2D eigenvalue weighted by atomic mass is 9.93. The van der Waals surface area contributed by atoms with Gasteiger partial charge in [-0.1, -0.05) is 30.3 Å². The zero-order chi connectivity index (χ0) is 23.0. The predicted octanol–water partition coefficient (Wildman–Crippen LogP) is 2.42. The molecule has 1 aliphatic carbocycles. The molecule has 0 radical (unpaired) electrons. The number of hydrogen-bond donors (Lipinski definition) is 1. The van der Waals surface area contributed by atoms with Gasteiger partial charge < -0.3 is 5.11 Å². The second-order valence-electron chi connectivity index (χ2n) is 8.99. The van der Waals surface area contributed by atoms with Crippen molar-refractivity contribution in [2.45, 2.75) is 38.4 Å². The summed E-state index contributed by atoms with van der Waals surface area (Å²) in [6.07, 6.45) is 4.49. The van der Waals surface area contributed by atoms with Gasteiger partial charge in [-0.05, 0) is 37.0 Å². The number of nitrogens with zero attached hydrogens (tertiary/aromatic N) is 4. The Balaban J connectivity index is 1.27. The Morgan fingerprint density at radius 3 is 2.39 bits per heavy atom. The maximum Gasteiger partial charge on any atom is 0.331 e. The summed E-state index contributed by atoms with van der Waals surface area (Å²) in [7, 11) is -2.89. The van der Waals surface area contributed by atoms with E-state index in [2.05, 4.69) is 4.90 Å². The fourth-order valence-corrected chi connectivity index (χ4v) is 5.71. The lowest BCUT2D eigenvalue weighted by Gasteiger charge is -2.26. The number of hydrogen-bond acceptors (Lipinski definition) is 6. The first kappa shape index (κ1) is 21.9. The molecule has 0 atom stereocenters. The molecule has 9 heteroatoms. The molecule has 0 spiro atoms. The molecule has 1 N–H and O–H groups in total. The van der Waals surface area contributed by atoms with Crippen LogP contribution in [0.5, 0.6) is 5.88 Å². The average Bonchev–Trinajstić information content (AvgIpc) is 3.03. The number of aromatic hydroxyl groups is 1. The van der Waals surface area contributed by atoms with Gasteiger partial charge in [-0.2, -0.15) is 0 Å². The highest BCUT2D eigenvalue weighted by Crippen LogP contribution is 2.33. The van der Waals surface area contributed by atoms with Gasteiger partial charge in [0, 0.05) is 31.2 Å². The van der Waals surface area contributed by atoms with Crippen LogP contribution in [0.2, 0.25) is 0 Å². The molecular formula is C24H28N4O4S. The van der Waals surface area contributed by atoms with Crippen molar-refractivity contribution in [3.05, 3.63) is 70.4 Å². The van der Waals surface area contributed by atoms with Gasteiger partial charge in [-0.15, -0.1) is 0 Å². The standard InChI is InChI=1S/C24H28N4O4S/c29-23-17-27(24(30)28(23)21-4-2-5-21)15-18-7-9-19(10-8-18)22-6-1-3-20(25-22)16-26-11-13-33(31,32)14-12-26/h1,3,6-10,17,21,29H,2,4-5,11-16H2. The molecule has 2 aliphatic rings. The molecule has 0 unspecified atom stereocenters. The average molecular weight is 469 g/mol. The molecule has 0 amide bonds. The minimum atomic E-state index is -2.89. The maximum absolute atomic E-state index is 12.7. The molecule has 5 rings (SSSR count). The second kappa shape index (κ2) is 8.79. The third kappa shape index (κ3) is 4.74. The van der Waals surface area contributed by atoms with Gasteiger partial charge in [0.15, 0.2) is 9.84 Å². The molecule has 3 aromatic rings. The first-order valence-electron chi connectivity index (χ1n) is 11.4. The molecule has 2 fully saturated rings. The number of sulfone groups is 1. The zero-order valence-electron chi connectivity index (χ0n) is 18.4. The van der Waals surface area contributed by atoms with Crippen molar-refractivity contribution in [3.63, 3.8) is 0 Å². The van der Waals surface area contributed by atoms with E-state index in [-0.39, 0.29) is 29.1 Å². The Bertz CT molecular complexity index is 1290. The van der Waals surface area contributed by atoms with Crippen molar-refractivity contribution < 1.29 is 13.5 Å². The van der Waals surface area contributed by atoms with E-state index in [0.717, 1.165) is 41.8 Å². The third-order valence-corrected chi connectivity index (χ3v) is 8.25. The Kier molecular flexibility index (Phi) is 5.84. The van der Waals surface area contributed by atoms with E-state index in [4.69, 9.17) is 4.98 Å². The fraction of sp³-hybridized carbons (Fsp3) is 0.417. The molecule has 8 nitrogen and oxygen atoms in total. The van der Waals surface area contributed by atoms with E-state index in [0.29, 0.717) is 26.2 Å². The van der Waals surface area contributed by atoms with Crippen LogP contribution in [-0.2, 0) is 22.9 Å². The van der Waals surface area contributed by atoms with Crippen LogP contribution in [0.1, 0.15) is 36.6 Å². The summed E-state index contributed by atoms with van der Waals surface area (Å²) >= 11 is 0. The number of rotatable bonds is 6. The van der Waals surface area contributed by atoms with E-state index in [1.165, 1.54) is 10.8 Å². The molecule has 33 heavy (non-hydrogen) atoms. The molecule has 1 saturated carbocycles. The van der Waals surface area contributed by atoms with Crippen LogP contribution >= 0.6 is 0 Å². The molecule has 1 aromatic carbocycles. The molecule has 1 aliphatic heterocycles. The molecule has 0 bridgehead atoms. The highest BCUT2D eigenvalue weighted by atomic mass is 32.2. The quantitative estimate of drug-likeness (QED) is 0.597. The normalized spacial score (nSPS) is 18.8. The summed E-state index contributed by atoms with van der Waals surface area (Å²) in [6, 6.07) is 13.9. The SMILES string of the molecule is O=c1n(Cc2ccc(-c3cccc(CN4CCS(=O)(=O)CC4)n3)cc2)cc(O)n1C1CCC1. The van der Waals surface area contributed by atoms with Crippen LogP contribution in [0.25, 0.3) is 11.3 Å². The minimum Gasteiger partial charge on any atom is -0.493 e. The van der Waals surface area contributed by atoms with Crippen molar-refractivity contribution >= 4 is 9.84 Å². The van der Waals surface area contributed by atoms with Crippen LogP contribution in [-0.4, -0.2) is 57.1 Å². The highest BCUT2D eigenvalue weighted by molar-refractivity contribution is 7.91. The van der Waals surface area contributed by atoms with Gasteiger partial charge in [0.1, 0.15) is 0 Å². The van der Waals surface area contributed by atoms with Crippen LogP contribution in [0.15, 0.2) is 53.5 Å². The van der Waals surface area contributed by atoms with Crippen LogP contribution in [0.4, 0.5) is 0 Å². The third-order valence-electron chi connectivity index (χ3n) is 6.64. The summed E-state index contributed by atoms with van der Waals surface area (Å²) in [5, 5.41) is 10.2. The van der Waals surface area contributed by atoms with E-state index < -0.39 is 9.84 Å². The molecule has 174 valence electrons. The smallest absolute Gasteiger partial charge is 0.331 e. The van der Waals surface area contributed by atoms with Crippen molar-refractivity contribution in [1.82, 2.24) is 19.0 Å². The van der Waals surface area contributed by atoms with E-state index >= 15 is 0 Å². The molecule has 1 saturated heterocycles. The first-order valence-corrected chi connectivity index (χ1v) is 13.2. The number of imidazole rings is 1. The van der Waals surface area contributed by atoms with Crippen LogP contribution < -0.4 is 5.69 Å². The Morgan fingerprint density at radius 1 is 1.00 bits per heavy atom. The number of benzene rings is 1. The molecular weight excluding hydrogens is 440 g/mol. The van der Waals surface area contributed by atoms with Gasteiger partial charge in [-0.25, -0.2) is 13.2 Å². The van der Waals surface area contributed by atoms with Gasteiger partial charge in [0.2, 0.25) is 5.88 Å². The first-order chi connectivity index (χ1) is 15.9. The van der Waals surface area contributed by atoms with Crippen LogP contribution in [0.3, 0.4) is 0 Å². The fourth-order valence-electron chi connectivity index (χ4n) is 4.44. The molecule has 3 heterocycles. The minimum absolute atomic E-state index is 0.0358. The lowest BCUT2D eigenvalue weighted by Crippen LogP contribution is -2.39. The van der Waals surface area contributed by atoms with Crippen LogP contribution in [0, 0.1) is 0 Å². The predicted molar refractivity (Wildman–Crippen MR) is 126 cm³/mol. The van der Waals surface area contributed by atoms with Gasteiger partial charge in [-0.3, -0.25) is 19.0 Å². The topological polar surface area (TPSA) is 97.4 Å². The van der Waals surface area contributed by atoms with E-state index in [9.17, 15) is 18.3 Å². The van der Waals surface area contributed by atoms with Crippen molar-refractivity contribution in [3.8, 4) is 17.1 Å². The van der Waals surface area contributed by atoms with Gasteiger partial charge >= 0.3 is 5.69 Å². The van der Waals surface area contributed by atoms with Gasteiger partial charge in [0.05, 0.1) is 35.6 Å². The summed E-state index contributed by atoms with van der Waals surface area (Å²) in [6.45, 7) is 2.12. The summed E-state index contributed by atoms with van der Waals surface area (Å²) in [4.78, 5) is 19.6. The van der Waals surface area contributed by atoms with Crippen molar-refractivity contribution in [2.75, 3.05) is 24.6 Å². The summed E-state index contributed by atoms with van der Waals surface area (Å²) < 4.78 is 26.3. The Hall–Kier alpha value is -2.91. The van der Waals surface area contributed by atoms with Crippen molar-refractivity contribution in [2.24, 2.45) is 0 Å². The lowest BCUT2D eigenvalue weighted by molar-refractivity contribution is 0.273. The Morgan fingerprint density at radius 2 is 1.73 bits per heavy atom. The maximum atomic E-state index is 12.7. The second-order valence-corrected chi connectivity index (χ2v) is 11.3. The number of pyridine rings is 1. The zero-order valence-corrected chi connectivity index (χ0v) is 19.2.